The zero-order valence-electron chi connectivity index (χ0n) is 15.5. The van der Waals surface area contributed by atoms with E-state index in [0.717, 1.165) is 23.5 Å². The smallest absolute Gasteiger partial charge is 0.230 e. The second-order valence-electron chi connectivity index (χ2n) is 6.31. The topological polar surface area (TPSA) is 81.4 Å². The van der Waals surface area contributed by atoms with Crippen molar-refractivity contribution in [3.8, 4) is 17.4 Å². The molecule has 144 valence electrons. The fraction of sp³-hybridized carbons (Fsp3) is 0.444. The normalized spacial score (nSPS) is 16.6. The number of rotatable bonds is 5. The molecule has 0 unspecified atom stereocenters. The molecule has 1 saturated heterocycles. The summed E-state index contributed by atoms with van der Waals surface area (Å²) in [7, 11) is 3.24. The summed E-state index contributed by atoms with van der Waals surface area (Å²) in [4.78, 5) is 8.18. The standard InChI is InChI=1S/C18H22N4O4S/c1-11-19-18-22(20-11)17(23)16(27-18)15(21-6-8-26-9-7-21)12-4-5-13(24-2)14(10-12)25-3/h4-5,10,15,23H,6-9H2,1-3H3/t15-/m1/s1. The molecule has 4 rings (SSSR count). The molecule has 0 amide bonds. The minimum atomic E-state index is -0.150. The molecule has 3 heterocycles. The molecular formula is C18H22N4O4S. The first-order chi connectivity index (χ1) is 13.1. The molecule has 0 aliphatic carbocycles. The predicted molar refractivity (Wildman–Crippen MR) is 101 cm³/mol. The Morgan fingerprint density at radius 3 is 2.59 bits per heavy atom. The Hall–Kier alpha value is -2.36. The highest BCUT2D eigenvalue weighted by molar-refractivity contribution is 7.17. The zero-order valence-corrected chi connectivity index (χ0v) is 16.3. The van der Waals surface area contributed by atoms with Crippen LogP contribution in [-0.4, -0.2) is 65.1 Å². The fourth-order valence-corrected chi connectivity index (χ4v) is 4.58. The predicted octanol–water partition coefficient (Wildman–Crippen LogP) is 2.24. The molecule has 0 radical (unpaired) electrons. The van der Waals surface area contributed by atoms with Gasteiger partial charge < -0.3 is 19.3 Å². The lowest BCUT2D eigenvalue weighted by Gasteiger charge is -2.34. The van der Waals surface area contributed by atoms with Crippen molar-refractivity contribution in [2.45, 2.75) is 13.0 Å². The maximum atomic E-state index is 10.8. The quantitative estimate of drug-likeness (QED) is 0.715. The molecule has 2 aromatic heterocycles. The van der Waals surface area contributed by atoms with Gasteiger partial charge in [0.05, 0.1) is 38.4 Å². The minimum Gasteiger partial charge on any atom is -0.493 e. The van der Waals surface area contributed by atoms with E-state index in [2.05, 4.69) is 15.0 Å². The molecule has 1 atom stereocenters. The fourth-order valence-electron chi connectivity index (χ4n) is 3.41. The lowest BCUT2D eigenvalue weighted by atomic mass is 10.0. The van der Waals surface area contributed by atoms with E-state index < -0.39 is 0 Å². The summed E-state index contributed by atoms with van der Waals surface area (Å²) in [5, 5.41) is 15.1. The Labute approximate surface area is 160 Å². The van der Waals surface area contributed by atoms with Gasteiger partial charge in [-0.2, -0.15) is 4.52 Å². The van der Waals surface area contributed by atoms with Gasteiger partial charge in [-0.05, 0) is 24.6 Å². The van der Waals surface area contributed by atoms with Crippen LogP contribution in [0.25, 0.3) is 4.96 Å². The Morgan fingerprint density at radius 2 is 1.93 bits per heavy atom. The number of aromatic hydroxyl groups is 1. The monoisotopic (exact) mass is 390 g/mol. The lowest BCUT2D eigenvalue weighted by molar-refractivity contribution is 0.0240. The van der Waals surface area contributed by atoms with Crippen LogP contribution in [0.5, 0.6) is 17.4 Å². The minimum absolute atomic E-state index is 0.127. The van der Waals surface area contributed by atoms with Gasteiger partial charge >= 0.3 is 0 Å². The van der Waals surface area contributed by atoms with Crippen LogP contribution in [0.1, 0.15) is 22.3 Å². The van der Waals surface area contributed by atoms with Crippen molar-refractivity contribution in [2.24, 2.45) is 0 Å². The zero-order chi connectivity index (χ0) is 19.0. The van der Waals surface area contributed by atoms with Crippen LogP contribution in [0.4, 0.5) is 0 Å². The summed E-state index contributed by atoms with van der Waals surface area (Å²) in [6.45, 7) is 4.66. The largest absolute Gasteiger partial charge is 0.493 e. The second-order valence-corrected chi connectivity index (χ2v) is 7.32. The van der Waals surface area contributed by atoms with Crippen LogP contribution >= 0.6 is 11.3 Å². The third-order valence-corrected chi connectivity index (χ3v) is 5.76. The number of hydrogen-bond acceptors (Lipinski definition) is 8. The van der Waals surface area contributed by atoms with E-state index in [9.17, 15) is 5.11 Å². The molecule has 0 bridgehead atoms. The van der Waals surface area contributed by atoms with Crippen molar-refractivity contribution < 1.29 is 19.3 Å². The van der Waals surface area contributed by atoms with Gasteiger partial charge in [-0.3, -0.25) is 4.90 Å². The van der Waals surface area contributed by atoms with Gasteiger partial charge in [-0.1, -0.05) is 17.4 Å². The maximum absolute atomic E-state index is 10.8. The summed E-state index contributed by atoms with van der Waals surface area (Å²) in [6, 6.07) is 5.70. The summed E-state index contributed by atoms with van der Waals surface area (Å²) in [6.07, 6.45) is 0. The maximum Gasteiger partial charge on any atom is 0.230 e. The van der Waals surface area contributed by atoms with Crippen molar-refractivity contribution >= 4 is 16.3 Å². The van der Waals surface area contributed by atoms with E-state index in [4.69, 9.17) is 14.2 Å². The third-order valence-electron chi connectivity index (χ3n) is 4.69. The Kier molecular flexibility index (Phi) is 4.90. The molecule has 1 aliphatic rings. The third kappa shape index (κ3) is 3.22. The van der Waals surface area contributed by atoms with E-state index in [1.807, 2.05) is 25.1 Å². The molecule has 0 spiro atoms. The van der Waals surface area contributed by atoms with Gasteiger partial charge in [0.25, 0.3) is 0 Å². The molecular weight excluding hydrogens is 368 g/mol. The highest BCUT2D eigenvalue weighted by Gasteiger charge is 2.31. The van der Waals surface area contributed by atoms with E-state index in [0.29, 0.717) is 35.5 Å². The summed E-state index contributed by atoms with van der Waals surface area (Å²) >= 11 is 1.45. The number of ether oxygens (including phenoxy) is 3. The summed E-state index contributed by atoms with van der Waals surface area (Å²) in [5.74, 6) is 2.09. The first-order valence-electron chi connectivity index (χ1n) is 8.71. The average Bonchev–Trinajstić information content (AvgIpc) is 3.20. The van der Waals surface area contributed by atoms with E-state index in [-0.39, 0.29) is 11.9 Å². The van der Waals surface area contributed by atoms with Crippen molar-refractivity contribution in [3.05, 3.63) is 34.5 Å². The summed E-state index contributed by atoms with van der Waals surface area (Å²) in [5.41, 5.74) is 1.01. The molecule has 1 fully saturated rings. The van der Waals surface area contributed by atoms with Gasteiger partial charge in [0.15, 0.2) is 11.5 Å². The van der Waals surface area contributed by atoms with Crippen LogP contribution in [0.2, 0.25) is 0 Å². The first kappa shape index (κ1) is 18.0. The van der Waals surface area contributed by atoms with E-state index >= 15 is 0 Å². The average molecular weight is 390 g/mol. The van der Waals surface area contributed by atoms with Gasteiger partial charge in [-0.15, -0.1) is 5.10 Å². The van der Waals surface area contributed by atoms with Crippen LogP contribution < -0.4 is 9.47 Å². The van der Waals surface area contributed by atoms with Crippen molar-refractivity contribution in [3.63, 3.8) is 0 Å². The van der Waals surface area contributed by atoms with E-state index in [1.54, 1.807) is 14.2 Å². The summed E-state index contributed by atoms with van der Waals surface area (Å²) < 4.78 is 17.9. The van der Waals surface area contributed by atoms with Crippen LogP contribution in [0.15, 0.2) is 18.2 Å². The van der Waals surface area contributed by atoms with Gasteiger partial charge in [0.2, 0.25) is 10.8 Å². The molecule has 1 aromatic carbocycles. The van der Waals surface area contributed by atoms with Crippen molar-refractivity contribution in [1.82, 2.24) is 19.5 Å². The number of nitrogens with zero attached hydrogens (tertiary/aromatic N) is 4. The highest BCUT2D eigenvalue weighted by atomic mass is 32.1. The number of aryl methyl sites for hydroxylation is 1. The number of fused-ring (bicyclic) bond motifs is 1. The van der Waals surface area contributed by atoms with Crippen LogP contribution in [0.3, 0.4) is 0 Å². The Bertz CT molecular complexity index is 948. The number of thiazole rings is 1. The molecule has 9 heteroatoms. The van der Waals surface area contributed by atoms with Crippen LogP contribution in [-0.2, 0) is 4.74 Å². The molecule has 1 N–H and O–H groups in total. The number of aromatic nitrogens is 3. The number of benzene rings is 1. The van der Waals surface area contributed by atoms with Gasteiger partial charge in [-0.25, -0.2) is 4.98 Å². The molecule has 1 aliphatic heterocycles. The number of morpholine rings is 1. The number of hydrogen-bond donors (Lipinski definition) is 1. The van der Waals surface area contributed by atoms with Gasteiger partial charge in [0.1, 0.15) is 5.82 Å². The Balaban J connectivity index is 1.83. The molecule has 27 heavy (non-hydrogen) atoms. The SMILES string of the molecule is COc1ccc([C@H](c2sc3nc(C)nn3c2O)N2CCOCC2)cc1OC. The van der Waals surface area contributed by atoms with Gasteiger partial charge in [0, 0.05) is 13.1 Å². The first-order valence-corrected chi connectivity index (χ1v) is 9.52. The molecule has 3 aromatic rings. The molecule has 0 saturated carbocycles. The second kappa shape index (κ2) is 7.34. The highest BCUT2D eigenvalue weighted by Crippen LogP contribution is 2.42. The van der Waals surface area contributed by atoms with E-state index in [1.165, 1.54) is 15.9 Å². The van der Waals surface area contributed by atoms with Crippen LogP contribution in [0, 0.1) is 6.92 Å². The van der Waals surface area contributed by atoms with Crippen molar-refractivity contribution in [1.29, 1.82) is 0 Å². The molecule has 8 nitrogen and oxygen atoms in total. The lowest BCUT2D eigenvalue weighted by Crippen LogP contribution is -2.39. The van der Waals surface area contributed by atoms with Crippen molar-refractivity contribution in [2.75, 3.05) is 40.5 Å². The number of methoxy groups -OCH3 is 2. The Morgan fingerprint density at radius 1 is 1.19 bits per heavy atom.